The molecule has 55 heavy (non-hydrogen) atoms. The smallest absolute Gasteiger partial charge is 0.241 e. The Balaban J connectivity index is 1.10. The highest BCUT2D eigenvalue weighted by Gasteiger charge is 2.17. The zero-order chi connectivity index (χ0) is 37.0. The van der Waals surface area contributed by atoms with Gasteiger partial charge in [0.25, 0.3) is 0 Å². The summed E-state index contributed by atoms with van der Waals surface area (Å²) < 4.78 is 8.47. The average Bonchev–Trinajstić information content (AvgIpc) is 3.59. The highest BCUT2D eigenvalue weighted by atomic mass is 16.5. The molecular formula is C51H37N3O. The molecule has 1 heterocycles. The number of ether oxygens (including phenoxy) is 1. The molecule has 0 N–H and O–H groups in total. The average molecular weight is 708 g/mol. The van der Waals surface area contributed by atoms with Gasteiger partial charge in [0.15, 0.2) is 0 Å². The zero-order valence-electron chi connectivity index (χ0n) is 30.2. The zero-order valence-corrected chi connectivity index (χ0v) is 30.2. The number of nitrogens with zero attached hydrogens (tertiary/aromatic N) is 3. The highest BCUT2D eigenvalue weighted by Crippen LogP contribution is 2.41. The van der Waals surface area contributed by atoms with E-state index in [1.807, 2.05) is 30.3 Å². The maximum atomic E-state index is 6.09. The summed E-state index contributed by atoms with van der Waals surface area (Å²) in [6.07, 6.45) is 0. The summed E-state index contributed by atoms with van der Waals surface area (Å²) >= 11 is 0. The number of para-hydroxylation sites is 1. The second-order valence-corrected chi connectivity index (χ2v) is 13.5. The predicted octanol–water partition coefficient (Wildman–Crippen LogP) is 13.0. The lowest BCUT2D eigenvalue weighted by molar-refractivity contribution is 0.292. The molecule has 4 nitrogen and oxygen atoms in total. The summed E-state index contributed by atoms with van der Waals surface area (Å²) in [6, 6.07) is 70.7. The van der Waals surface area contributed by atoms with E-state index < -0.39 is 0 Å². The maximum Gasteiger partial charge on any atom is 0.241 e. The second-order valence-electron chi connectivity index (χ2n) is 13.5. The fraction of sp³-hybridized carbons (Fsp3) is 0.0196. The van der Waals surface area contributed by atoms with E-state index in [9.17, 15) is 0 Å². The molecule has 262 valence electrons. The largest absolute Gasteiger partial charge is 0.471 e. The Morgan fingerprint density at radius 3 is 1.56 bits per heavy atom. The van der Waals surface area contributed by atoms with Crippen LogP contribution in [0.25, 0.3) is 72.0 Å². The lowest BCUT2D eigenvalue weighted by Crippen LogP contribution is -2.06. The van der Waals surface area contributed by atoms with Crippen molar-refractivity contribution < 1.29 is 4.74 Å². The summed E-state index contributed by atoms with van der Waals surface area (Å²) in [6.45, 7) is 3.88. The topological polar surface area (TPSA) is 38.9 Å². The number of hydrogen-bond acceptors (Lipinski definition) is 3. The van der Waals surface area contributed by atoms with Crippen molar-refractivity contribution in [2.75, 3.05) is 0 Å². The lowest BCUT2D eigenvalue weighted by atomic mass is 9.89. The molecule has 0 unspecified atom stereocenters. The van der Waals surface area contributed by atoms with E-state index >= 15 is 0 Å². The number of benzene rings is 8. The number of aromatic nitrogens is 1. The number of rotatable bonds is 9. The fourth-order valence-electron chi connectivity index (χ4n) is 7.54. The van der Waals surface area contributed by atoms with E-state index in [0.717, 1.165) is 22.4 Å². The first-order valence-electron chi connectivity index (χ1n) is 18.4. The van der Waals surface area contributed by atoms with Crippen LogP contribution in [0.1, 0.15) is 11.1 Å². The van der Waals surface area contributed by atoms with Gasteiger partial charge in [-0.15, -0.1) is 5.10 Å². The fourth-order valence-corrected chi connectivity index (χ4v) is 7.54. The van der Waals surface area contributed by atoms with Crippen molar-refractivity contribution in [3.05, 3.63) is 211 Å². The molecule has 0 aliphatic rings. The van der Waals surface area contributed by atoms with Crippen molar-refractivity contribution in [2.24, 2.45) is 10.2 Å². The van der Waals surface area contributed by atoms with Crippen LogP contribution < -0.4 is 0 Å². The van der Waals surface area contributed by atoms with Crippen LogP contribution in [0.15, 0.2) is 210 Å². The third-order valence-corrected chi connectivity index (χ3v) is 10.2. The quantitative estimate of drug-likeness (QED) is 0.0836. The van der Waals surface area contributed by atoms with Crippen molar-refractivity contribution in [1.82, 2.24) is 4.57 Å². The van der Waals surface area contributed by atoms with Crippen LogP contribution in [-0.2, 0) is 11.3 Å². The minimum Gasteiger partial charge on any atom is -0.471 e. The van der Waals surface area contributed by atoms with Gasteiger partial charge in [-0.25, -0.2) is 0 Å². The summed E-state index contributed by atoms with van der Waals surface area (Å²) in [4.78, 5) is 0. The molecule has 0 aliphatic heterocycles. The minimum atomic E-state index is 0.365. The van der Waals surface area contributed by atoms with Gasteiger partial charge in [-0.2, -0.15) is 5.10 Å². The molecule has 0 aliphatic carbocycles. The molecule has 9 rings (SSSR count). The molecular weight excluding hydrogens is 671 g/mol. The van der Waals surface area contributed by atoms with Gasteiger partial charge in [0.1, 0.15) is 6.61 Å². The number of hydrogen-bond donors (Lipinski definition) is 0. The van der Waals surface area contributed by atoms with E-state index in [1.54, 1.807) is 0 Å². The molecule has 4 heteroatoms. The molecule has 0 fully saturated rings. The van der Waals surface area contributed by atoms with Gasteiger partial charge >= 0.3 is 0 Å². The van der Waals surface area contributed by atoms with Gasteiger partial charge in [0.2, 0.25) is 5.90 Å². The van der Waals surface area contributed by atoms with Crippen LogP contribution in [0.2, 0.25) is 0 Å². The standard InChI is InChI=1S/C51H37N3O/c1-52-53-51(39-17-7-3-8-18-39)55-35-36-25-27-38(28-26-36)43-21-11-13-23-45(43)46-24-14-12-22-44(46)41-30-32-50-48(34-41)47-33-40(37-15-5-2-6-16-37)29-31-49(47)54(50)42-19-9-4-10-20-42/h2-34H,1,35H2/b53-51-. The monoisotopic (exact) mass is 707 g/mol. The maximum absolute atomic E-state index is 6.09. The van der Waals surface area contributed by atoms with Crippen molar-refractivity contribution in [1.29, 1.82) is 0 Å². The molecule has 0 saturated heterocycles. The first kappa shape index (κ1) is 33.5. The van der Waals surface area contributed by atoms with Crippen LogP contribution in [0.4, 0.5) is 0 Å². The third kappa shape index (κ3) is 6.62. The normalized spacial score (nSPS) is 11.5. The molecule has 9 aromatic rings. The van der Waals surface area contributed by atoms with Gasteiger partial charge in [0.05, 0.1) is 11.0 Å². The third-order valence-electron chi connectivity index (χ3n) is 10.2. The SMILES string of the molecule is C=N/N=C(\OCc1ccc(-c2ccccc2-c2ccccc2-c2ccc3c(c2)c2cc(-c4ccccc4)ccc2n3-c2ccccc2)cc1)c1ccccc1. The van der Waals surface area contributed by atoms with E-state index in [0.29, 0.717) is 12.5 Å². The first-order valence-corrected chi connectivity index (χ1v) is 18.4. The van der Waals surface area contributed by atoms with Crippen molar-refractivity contribution >= 4 is 34.4 Å². The molecule has 0 saturated carbocycles. The van der Waals surface area contributed by atoms with Crippen LogP contribution in [0.3, 0.4) is 0 Å². The summed E-state index contributed by atoms with van der Waals surface area (Å²) in [5.41, 5.74) is 14.8. The van der Waals surface area contributed by atoms with E-state index in [4.69, 9.17) is 4.74 Å². The Kier molecular flexibility index (Phi) is 9.13. The Labute approximate surface area is 321 Å². The van der Waals surface area contributed by atoms with E-state index in [-0.39, 0.29) is 0 Å². The lowest BCUT2D eigenvalue weighted by Gasteiger charge is -2.15. The molecule has 1 aromatic heterocycles. The Bertz CT molecular complexity index is 2800. The highest BCUT2D eigenvalue weighted by molar-refractivity contribution is 6.12. The molecule has 0 spiro atoms. The van der Waals surface area contributed by atoms with Crippen LogP contribution in [0, 0.1) is 0 Å². The van der Waals surface area contributed by atoms with Crippen LogP contribution in [0.5, 0.6) is 0 Å². The summed E-state index contributed by atoms with van der Waals surface area (Å²) in [5, 5.41) is 10.3. The van der Waals surface area contributed by atoms with Crippen molar-refractivity contribution in [3.63, 3.8) is 0 Å². The summed E-state index contributed by atoms with van der Waals surface area (Å²) in [5.74, 6) is 0.445. The molecule has 8 aromatic carbocycles. The first-order chi connectivity index (χ1) is 27.2. The van der Waals surface area contributed by atoms with Crippen molar-refractivity contribution in [3.8, 4) is 50.2 Å². The van der Waals surface area contributed by atoms with E-state index in [2.05, 4.69) is 191 Å². The molecule has 0 radical (unpaired) electrons. The second kappa shape index (κ2) is 15.0. The van der Waals surface area contributed by atoms with Crippen molar-refractivity contribution in [2.45, 2.75) is 6.61 Å². The van der Waals surface area contributed by atoms with Gasteiger partial charge in [-0.3, -0.25) is 0 Å². The summed E-state index contributed by atoms with van der Waals surface area (Å²) in [7, 11) is 0. The Morgan fingerprint density at radius 1 is 0.455 bits per heavy atom. The number of fused-ring (bicyclic) bond motifs is 3. The minimum absolute atomic E-state index is 0.365. The predicted molar refractivity (Wildman–Crippen MR) is 230 cm³/mol. The van der Waals surface area contributed by atoms with Gasteiger partial charge in [-0.05, 0) is 98.6 Å². The Hall–Kier alpha value is -7.30. The van der Waals surface area contributed by atoms with Gasteiger partial charge < -0.3 is 9.30 Å². The van der Waals surface area contributed by atoms with Crippen LogP contribution in [-0.4, -0.2) is 17.2 Å². The van der Waals surface area contributed by atoms with E-state index in [1.165, 1.54) is 60.8 Å². The molecule has 0 amide bonds. The Morgan fingerprint density at radius 2 is 0.945 bits per heavy atom. The molecule has 0 atom stereocenters. The van der Waals surface area contributed by atoms with Gasteiger partial charge in [0, 0.05) is 28.7 Å². The van der Waals surface area contributed by atoms with Gasteiger partial charge in [-0.1, -0.05) is 152 Å². The molecule has 0 bridgehead atoms. The van der Waals surface area contributed by atoms with Crippen LogP contribution >= 0.6 is 0 Å².